The number of carboxylic acids is 1. The third-order valence-corrected chi connectivity index (χ3v) is 7.36. The molecule has 0 aromatic heterocycles. The predicted octanol–water partition coefficient (Wildman–Crippen LogP) is 1.21. The molecule has 150 valence electrons. The van der Waals surface area contributed by atoms with Gasteiger partial charge < -0.3 is 9.84 Å². The van der Waals surface area contributed by atoms with Crippen molar-refractivity contribution in [1.29, 1.82) is 0 Å². The summed E-state index contributed by atoms with van der Waals surface area (Å²) in [5.41, 5.74) is -0.124. The fourth-order valence-corrected chi connectivity index (χ4v) is 5.22. The normalized spacial score (nSPS) is 15.9. The molecule has 1 aliphatic heterocycles. The zero-order valence-electron chi connectivity index (χ0n) is 14.6. The molecular formula is C17H18N2O7S2. The molecule has 9 nitrogen and oxygen atoms in total. The maximum Gasteiger partial charge on any atom is 0.335 e. The first-order chi connectivity index (χ1) is 13.2. The summed E-state index contributed by atoms with van der Waals surface area (Å²) in [5.74, 6) is -1.25. The Bertz CT molecular complexity index is 1090. The van der Waals surface area contributed by atoms with E-state index in [1.807, 2.05) is 0 Å². The summed E-state index contributed by atoms with van der Waals surface area (Å²) in [7, 11) is -7.88. The van der Waals surface area contributed by atoms with Crippen LogP contribution in [0.15, 0.2) is 58.3 Å². The fraction of sp³-hybridized carbons (Fsp3) is 0.235. The van der Waals surface area contributed by atoms with Gasteiger partial charge in [-0.05, 0) is 36.4 Å². The number of sulfonamides is 2. The summed E-state index contributed by atoms with van der Waals surface area (Å²) >= 11 is 0. The highest BCUT2D eigenvalue weighted by molar-refractivity contribution is 7.92. The quantitative estimate of drug-likeness (QED) is 0.710. The molecule has 0 unspecified atom stereocenters. The third kappa shape index (κ3) is 4.33. The second-order valence-corrected chi connectivity index (χ2v) is 9.60. The fourth-order valence-electron chi connectivity index (χ4n) is 2.67. The molecule has 2 N–H and O–H groups in total. The molecule has 28 heavy (non-hydrogen) atoms. The number of benzene rings is 2. The minimum Gasteiger partial charge on any atom is -0.478 e. The van der Waals surface area contributed by atoms with Gasteiger partial charge in [-0.1, -0.05) is 12.1 Å². The third-order valence-electron chi connectivity index (χ3n) is 4.09. The number of aromatic carboxylic acids is 1. The van der Waals surface area contributed by atoms with Gasteiger partial charge >= 0.3 is 5.97 Å². The van der Waals surface area contributed by atoms with Crippen molar-refractivity contribution in [3.8, 4) is 0 Å². The summed E-state index contributed by atoms with van der Waals surface area (Å²) in [6.07, 6.45) is 0. The van der Waals surface area contributed by atoms with Crippen LogP contribution in [0.5, 0.6) is 0 Å². The predicted molar refractivity (Wildman–Crippen MR) is 100 cm³/mol. The van der Waals surface area contributed by atoms with Crippen molar-refractivity contribution in [3.05, 3.63) is 54.1 Å². The Morgan fingerprint density at radius 3 is 2.29 bits per heavy atom. The Labute approximate surface area is 162 Å². The van der Waals surface area contributed by atoms with E-state index in [2.05, 4.69) is 4.72 Å². The van der Waals surface area contributed by atoms with Crippen LogP contribution in [0.2, 0.25) is 0 Å². The molecule has 0 aliphatic carbocycles. The van der Waals surface area contributed by atoms with E-state index in [-0.39, 0.29) is 34.1 Å². The van der Waals surface area contributed by atoms with Crippen LogP contribution in [0, 0.1) is 0 Å². The van der Waals surface area contributed by atoms with E-state index in [0.717, 1.165) is 6.07 Å². The van der Waals surface area contributed by atoms with Crippen LogP contribution in [0.1, 0.15) is 10.4 Å². The number of nitrogens with zero attached hydrogens (tertiary/aromatic N) is 1. The van der Waals surface area contributed by atoms with Crippen molar-refractivity contribution < 1.29 is 31.5 Å². The highest BCUT2D eigenvalue weighted by Crippen LogP contribution is 2.23. The summed E-state index contributed by atoms with van der Waals surface area (Å²) < 4.78 is 59.3. The van der Waals surface area contributed by atoms with E-state index >= 15 is 0 Å². The molecule has 3 rings (SSSR count). The van der Waals surface area contributed by atoms with Gasteiger partial charge in [0.25, 0.3) is 10.0 Å². The van der Waals surface area contributed by atoms with Gasteiger partial charge in [-0.25, -0.2) is 21.6 Å². The van der Waals surface area contributed by atoms with Crippen molar-refractivity contribution >= 4 is 31.7 Å². The Balaban J connectivity index is 1.88. The summed E-state index contributed by atoms with van der Waals surface area (Å²) in [6, 6.07) is 10.3. The Kier molecular flexibility index (Phi) is 5.70. The molecule has 0 atom stereocenters. The lowest BCUT2D eigenvalue weighted by Crippen LogP contribution is -2.40. The number of anilines is 1. The lowest BCUT2D eigenvalue weighted by Gasteiger charge is -2.26. The minimum atomic E-state index is -4.10. The van der Waals surface area contributed by atoms with Crippen molar-refractivity contribution in [2.24, 2.45) is 0 Å². The number of carboxylic acid groups (broad SMARTS) is 1. The Morgan fingerprint density at radius 1 is 0.964 bits per heavy atom. The van der Waals surface area contributed by atoms with Crippen molar-refractivity contribution in [3.63, 3.8) is 0 Å². The zero-order valence-corrected chi connectivity index (χ0v) is 16.2. The van der Waals surface area contributed by atoms with E-state index in [1.54, 1.807) is 0 Å². The van der Waals surface area contributed by atoms with Crippen molar-refractivity contribution in [2.45, 2.75) is 9.79 Å². The summed E-state index contributed by atoms with van der Waals surface area (Å²) in [6.45, 7) is 1.04. The number of morpholine rings is 1. The first-order valence-electron chi connectivity index (χ1n) is 8.24. The second-order valence-electron chi connectivity index (χ2n) is 5.98. The van der Waals surface area contributed by atoms with Crippen molar-refractivity contribution in [2.75, 3.05) is 31.0 Å². The van der Waals surface area contributed by atoms with Gasteiger partial charge in [0, 0.05) is 13.1 Å². The van der Waals surface area contributed by atoms with E-state index < -0.39 is 26.0 Å². The first-order valence-corrected chi connectivity index (χ1v) is 11.2. The smallest absolute Gasteiger partial charge is 0.335 e. The zero-order chi connectivity index (χ0) is 20.4. The molecule has 11 heteroatoms. The lowest BCUT2D eigenvalue weighted by molar-refractivity contribution is 0.0696. The molecule has 1 saturated heterocycles. The second kappa shape index (κ2) is 7.87. The van der Waals surface area contributed by atoms with Gasteiger partial charge in [-0.3, -0.25) is 4.72 Å². The van der Waals surface area contributed by atoms with Gasteiger partial charge in [0.1, 0.15) is 0 Å². The Hall–Kier alpha value is -2.47. The molecular weight excluding hydrogens is 408 g/mol. The summed E-state index contributed by atoms with van der Waals surface area (Å²) in [4.78, 5) is 10.8. The number of rotatable bonds is 6. The average Bonchev–Trinajstić information content (AvgIpc) is 2.68. The highest BCUT2D eigenvalue weighted by Gasteiger charge is 2.27. The molecule has 0 amide bonds. The SMILES string of the molecule is O=C(O)c1cccc(S(=O)(=O)Nc2cccc(S(=O)(=O)N3CCOCC3)c2)c1. The standard InChI is InChI=1S/C17H18N2O7S2/c20-17(21)13-3-1-5-15(11-13)27(22,23)18-14-4-2-6-16(12-14)28(24,25)19-7-9-26-10-8-19/h1-6,11-12,18H,7-10H2,(H,20,21). The van der Waals surface area contributed by atoms with E-state index in [1.165, 1.54) is 46.8 Å². The maximum absolute atomic E-state index is 12.7. The molecule has 0 bridgehead atoms. The van der Waals surface area contributed by atoms with Crippen molar-refractivity contribution in [1.82, 2.24) is 4.31 Å². The van der Waals surface area contributed by atoms with Gasteiger partial charge in [0.2, 0.25) is 10.0 Å². The topological polar surface area (TPSA) is 130 Å². The van der Waals surface area contributed by atoms with E-state index in [0.29, 0.717) is 13.2 Å². The van der Waals surface area contributed by atoms with Crippen LogP contribution in [-0.4, -0.2) is 58.5 Å². The van der Waals surface area contributed by atoms with Crippen LogP contribution in [-0.2, 0) is 24.8 Å². The monoisotopic (exact) mass is 426 g/mol. The molecule has 1 heterocycles. The number of ether oxygens (including phenoxy) is 1. The van der Waals surface area contributed by atoms with Gasteiger partial charge in [0.05, 0.1) is 34.3 Å². The van der Waals surface area contributed by atoms with E-state index in [4.69, 9.17) is 9.84 Å². The molecule has 2 aromatic rings. The molecule has 1 aliphatic rings. The molecule has 1 fully saturated rings. The number of carbonyl (C=O) groups is 1. The minimum absolute atomic E-state index is 0.0473. The lowest BCUT2D eigenvalue weighted by atomic mass is 10.2. The molecule has 0 radical (unpaired) electrons. The van der Waals surface area contributed by atoms with Crippen LogP contribution in [0.25, 0.3) is 0 Å². The van der Waals surface area contributed by atoms with Crippen LogP contribution < -0.4 is 4.72 Å². The number of hydrogen-bond acceptors (Lipinski definition) is 6. The largest absolute Gasteiger partial charge is 0.478 e. The van der Waals surface area contributed by atoms with Gasteiger partial charge in [-0.2, -0.15) is 4.31 Å². The first kappa shape index (κ1) is 20.3. The highest BCUT2D eigenvalue weighted by atomic mass is 32.2. The van der Waals surface area contributed by atoms with E-state index in [9.17, 15) is 21.6 Å². The number of hydrogen-bond donors (Lipinski definition) is 2. The molecule has 0 spiro atoms. The summed E-state index contributed by atoms with van der Waals surface area (Å²) in [5, 5.41) is 9.02. The van der Waals surface area contributed by atoms with Gasteiger partial charge in [-0.15, -0.1) is 0 Å². The maximum atomic E-state index is 12.7. The molecule has 0 saturated carbocycles. The van der Waals surface area contributed by atoms with Crippen LogP contribution in [0.3, 0.4) is 0 Å². The van der Waals surface area contributed by atoms with Gasteiger partial charge in [0.15, 0.2) is 0 Å². The number of nitrogens with one attached hydrogen (secondary N) is 1. The van der Waals surface area contributed by atoms with Crippen LogP contribution in [0.4, 0.5) is 5.69 Å². The molecule has 2 aromatic carbocycles. The Morgan fingerprint density at radius 2 is 1.61 bits per heavy atom. The average molecular weight is 426 g/mol. The van der Waals surface area contributed by atoms with Crippen LogP contribution >= 0.6 is 0 Å².